The minimum absolute atomic E-state index is 0.0594. The zero-order valence-electron chi connectivity index (χ0n) is 13.0. The fourth-order valence-electron chi connectivity index (χ4n) is 3.42. The van der Waals surface area contributed by atoms with Crippen LogP contribution in [0.25, 0.3) is 10.8 Å². The Bertz CT molecular complexity index is 816. The molecule has 1 heterocycles. The Kier molecular flexibility index (Phi) is 3.47. The lowest BCUT2D eigenvalue weighted by molar-refractivity contribution is -0.175. The molecule has 24 heavy (non-hydrogen) atoms. The summed E-state index contributed by atoms with van der Waals surface area (Å²) in [5, 5.41) is 2.88. The molecule has 0 spiro atoms. The monoisotopic (exact) mass is 351 g/mol. The Morgan fingerprint density at radius 1 is 1.08 bits per heavy atom. The topological polar surface area (TPSA) is 18.5 Å². The van der Waals surface area contributed by atoms with Gasteiger partial charge in [0.05, 0.1) is 5.69 Å². The maximum atomic E-state index is 13.6. The number of alkyl halides is 3. The van der Waals surface area contributed by atoms with Gasteiger partial charge in [-0.3, -0.25) is 10.3 Å². The van der Waals surface area contributed by atoms with Crippen molar-refractivity contribution in [3.63, 3.8) is 0 Å². The quantitative estimate of drug-likeness (QED) is 0.819. The number of halogens is 3. The summed E-state index contributed by atoms with van der Waals surface area (Å²) in [6.07, 6.45) is -3.97. The van der Waals surface area contributed by atoms with Gasteiger partial charge in [-0.15, -0.1) is 0 Å². The molecule has 1 atom stereocenters. The van der Waals surface area contributed by atoms with Gasteiger partial charge in [0, 0.05) is 12.4 Å². The van der Waals surface area contributed by atoms with Crippen molar-refractivity contribution in [2.24, 2.45) is 0 Å². The van der Waals surface area contributed by atoms with Crippen molar-refractivity contribution in [1.82, 2.24) is 10.4 Å². The third kappa shape index (κ3) is 2.43. The average molecular weight is 351 g/mol. The van der Waals surface area contributed by atoms with Crippen molar-refractivity contribution in [3.8, 4) is 0 Å². The fraction of sp³-hybridized carbons (Fsp3) is 0.353. The van der Waals surface area contributed by atoms with Gasteiger partial charge in [-0.1, -0.05) is 30.3 Å². The summed E-state index contributed by atoms with van der Waals surface area (Å²) in [6, 6.07) is 11.3. The van der Waals surface area contributed by atoms with Crippen LogP contribution in [-0.2, 0) is 0 Å². The summed E-state index contributed by atoms with van der Waals surface area (Å²) in [4.78, 5) is 1.16. The van der Waals surface area contributed by atoms with Crippen molar-refractivity contribution in [2.75, 3.05) is 11.9 Å². The Labute approximate surface area is 143 Å². The molecule has 0 aromatic heterocycles. The number of hydrazine groups is 1. The summed E-state index contributed by atoms with van der Waals surface area (Å²) in [7, 11) is 1.35. The van der Waals surface area contributed by atoms with Crippen LogP contribution >= 0.6 is 12.2 Å². The third-order valence-electron chi connectivity index (χ3n) is 4.61. The number of hydrogen-bond donors (Lipinski definition) is 1. The van der Waals surface area contributed by atoms with Crippen LogP contribution in [0.1, 0.15) is 24.3 Å². The molecule has 1 saturated carbocycles. The first-order valence-corrected chi connectivity index (χ1v) is 8.20. The van der Waals surface area contributed by atoms with E-state index < -0.39 is 12.3 Å². The Hall–Kier alpha value is -1.86. The molecule has 4 rings (SSSR count). The van der Waals surface area contributed by atoms with E-state index in [1.165, 1.54) is 12.6 Å². The van der Waals surface area contributed by atoms with Gasteiger partial charge in [0.25, 0.3) is 0 Å². The minimum Gasteiger partial charge on any atom is -0.293 e. The van der Waals surface area contributed by atoms with Crippen LogP contribution in [0.5, 0.6) is 0 Å². The van der Waals surface area contributed by atoms with Crippen molar-refractivity contribution in [2.45, 2.75) is 31.1 Å². The van der Waals surface area contributed by atoms with E-state index in [1.807, 2.05) is 30.3 Å². The molecular formula is C17H16F3N3S. The largest absolute Gasteiger partial charge is 0.424 e. The van der Waals surface area contributed by atoms with E-state index in [-0.39, 0.29) is 5.11 Å². The lowest BCUT2D eigenvalue weighted by Gasteiger charge is -2.30. The molecular weight excluding hydrogens is 335 g/mol. The maximum Gasteiger partial charge on any atom is 0.424 e. The number of hydrogen-bond acceptors (Lipinski definition) is 2. The summed E-state index contributed by atoms with van der Waals surface area (Å²) in [6.45, 7) is 0. The molecule has 2 aromatic rings. The Morgan fingerprint density at radius 3 is 2.38 bits per heavy atom. The molecule has 1 N–H and O–H groups in total. The number of nitrogens with zero attached hydrogens (tertiary/aromatic N) is 2. The minimum atomic E-state index is -4.43. The van der Waals surface area contributed by atoms with Crippen LogP contribution in [0.3, 0.4) is 0 Å². The van der Waals surface area contributed by atoms with E-state index in [2.05, 4.69) is 5.43 Å². The number of fused-ring (bicyclic) bond motifs is 1. The standard InChI is InChI=1S/C17H16F3N3S/c1-22-15(17(18,19)20)23(16(24)21-22)14-9-8-11(10-6-7-10)12-4-2-3-5-13(12)14/h2-5,8-10,15H,6-7H2,1H3,(H,21,24). The molecule has 2 fully saturated rings. The smallest absolute Gasteiger partial charge is 0.293 e. The highest BCUT2D eigenvalue weighted by atomic mass is 32.1. The second-order valence-corrected chi connectivity index (χ2v) is 6.69. The number of thiocarbonyl (C=S) groups is 1. The second-order valence-electron chi connectivity index (χ2n) is 6.31. The first-order valence-electron chi connectivity index (χ1n) is 7.79. The lowest BCUT2D eigenvalue weighted by Crippen LogP contribution is -2.49. The first kappa shape index (κ1) is 15.7. The van der Waals surface area contributed by atoms with Gasteiger partial charge in [0.2, 0.25) is 6.17 Å². The molecule has 0 amide bonds. The molecule has 1 unspecified atom stereocenters. The van der Waals surface area contributed by atoms with E-state index in [0.717, 1.165) is 33.5 Å². The highest BCUT2D eigenvalue weighted by Crippen LogP contribution is 2.45. The average Bonchev–Trinajstić information content (AvgIpc) is 3.30. The van der Waals surface area contributed by atoms with E-state index >= 15 is 0 Å². The summed E-state index contributed by atoms with van der Waals surface area (Å²) >= 11 is 5.18. The molecule has 1 aliphatic carbocycles. The zero-order valence-corrected chi connectivity index (χ0v) is 13.8. The van der Waals surface area contributed by atoms with Gasteiger partial charge in [-0.05, 0) is 48.0 Å². The van der Waals surface area contributed by atoms with Crippen molar-refractivity contribution in [1.29, 1.82) is 0 Å². The third-order valence-corrected chi connectivity index (χ3v) is 4.89. The SMILES string of the molecule is CN1NC(=S)N(c2ccc(C3CC3)c3ccccc23)C1C(F)(F)F. The number of anilines is 1. The van der Waals surface area contributed by atoms with Crippen LogP contribution in [0.4, 0.5) is 18.9 Å². The molecule has 0 radical (unpaired) electrons. The van der Waals surface area contributed by atoms with Crippen molar-refractivity contribution in [3.05, 3.63) is 42.0 Å². The van der Waals surface area contributed by atoms with E-state index in [0.29, 0.717) is 11.6 Å². The van der Waals surface area contributed by atoms with Gasteiger partial charge < -0.3 is 0 Å². The highest BCUT2D eigenvalue weighted by Gasteiger charge is 2.52. The van der Waals surface area contributed by atoms with Gasteiger partial charge in [-0.2, -0.15) is 18.2 Å². The van der Waals surface area contributed by atoms with Crippen LogP contribution in [0.15, 0.2) is 36.4 Å². The zero-order chi connectivity index (χ0) is 17.1. The molecule has 7 heteroatoms. The van der Waals surface area contributed by atoms with Crippen molar-refractivity contribution >= 4 is 33.8 Å². The van der Waals surface area contributed by atoms with E-state index in [4.69, 9.17) is 12.2 Å². The highest BCUT2D eigenvalue weighted by molar-refractivity contribution is 7.80. The van der Waals surface area contributed by atoms with E-state index in [9.17, 15) is 13.2 Å². The summed E-state index contributed by atoms with van der Waals surface area (Å²) in [5.41, 5.74) is 4.30. The second kappa shape index (κ2) is 5.32. The molecule has 1 aliphatic heterocycles. The molecule has 1 saturated heterocycles. The molecule has 2 aliphatic rings. The lowest BCUT2D eigenvalue weighted by atomic mass is 9.99. The molecule has 0 bridgehead atoms. The molecule has 2 aromatic carbocycles. The van der Waals surface area contributed by atoms with Crippen molar-refractivity contribution < 1.29 is 13.2 Å². The van der Waals surface area contributed by atoms with Gasteiger partial charge >= 0.3 is 6.18 Å². The summed E-state index contributed by atoms with van der Waals surface area (Å²) in [5.74, 6) is 0.522. The fourth-order valence-corrected chi connectivity index (χ4v) is 3.77. The first-order chi connectivity index (χ1) is 11.4. The van der Waals surface area contributed by atoms with Crippen LogP contribution < -0.4 is 10.3 Å². The van der Waals surface area contributed by atoms with Crippen LogP contribution in [0, 0.1) is 0 Å². The normalized spacial score (nSPS) is 22.2. The van der Waals surface area contributed by atoms with Gasteiger partial charge in [0.1, 0.15) is 0 Å². The van der Waals surface area contributed by atoms with Crippen LogP contribution in [-0.4, -0.2) is 29.5 Å². The van der Waals surface area contributed by atoms with Gasteiger partial charge in [0.15, 0.2) is 5.11 Å². The predicted molar refractivity (Wildman–Crippen MR) is 91.7 cm³/mol. The van der Waals surface area contributed by atoms with Gasteiger partial charge in [-0.25, -0.2) is 0 Å². The molecule has 3 nitrogen and oxygen atoms in total. The molecule has 126 valence electrons. The number of nitrogens with one attached hydrogen (secondary N) is 1. The van der Waals surface area contributed by atoms with Crippen LogP contribution in [0.2, 0.25) is 0 Å². The Balaban J connectivity index is 1.89. The Morgan fingerprint density at radius 2 is 1.75 bits per heavy atom. The maximum absolute atomic E-state index is 13.6. The van der Waals surface area contributed by atoms with E-state index in [1.54, 1.807) is 6.07 Å². The summed E-state index contributed by atoms with van der Waals surface area (Å²) < 4.78 is 40.7. The number of benzene rings is 2. The number of rotatable bonds is 2. The predicted octanol–water partition coefficient (Wildman–Crippen LogP) is 4.15.